The molecule has 0 unspecified atom stereocenters. The Kier molecular flexibility index (Phi) is 9.31. The van der Waals surface area contributed by atoms with E-state index in [-0.39, 0.29) is 5.97 Å². The Balaban J connectivity index is 1.93. The van der Waals surface area contributed by atoms with Gasteiger partial charge in [0, 0.05) is 6.08 Å². The highest BCUT2D eigenvalue weighted by molar-refractivity contribution is 5.87. The van der Waals surface area contributed by atoms with Gasteiger partial charge in [-0.1, -0.05) is 18.2 Å². The first-order valence-corrected chi connectivity index (χ1v) is 9.67. The number of rotatable bonds is 12. The summed E-state index contributed by atoms with van der Waals surface area (Å²) >= 11 is 0. The lowest BCUT2D eigenvalue weighted by atomic mass is 10.1. The highest BCUT2D eigenvalue weighted by Crippen LogP contribution is 2.30. The van der Waals surface area contributed by atoms with Gasteiger partial charge in [0.25, 0.3) is 0 Å². The molecule has 0 aromatic heterocycles. The van der Waals surface area contributed by atoms with Crippen LogP contribution in [-0.2, 0) is 16.0 Å². The molecular weight excluding hydrogens is 384 g/mol. The van der Waals surface area contributed by atoms with Crippen LogP contribution in [0.1, 0.15) is 18.1 Å². The summed E-state index contributed by atoms with van der Waals surface area (Å²) in [6, 6.07) is 11.2. The normalized spacial score (nSPS) is 10.5. The predicted octanol–water partition coefficient (Wildman–Crippen LogP) is 4.47. The first kappa shape index (κ1) is 22.9. The van der Waals surface area contributed by atoms with E-state index in [2.05, 4.69) is 6.58 Å². The zero-order valence-corrected chi connectivity index (χ0v) is 17.7. The van der Waals surface area contributed by atoms with Crippen LogP contribution < -0.4 is 18.9 Å². The first-order chi connectivity index (χ1) is 14.6. The van der Waals surface area contributed by atoms with Crippen molar-refractivity contribution in [1.29, 1.82) is 0 Å². The van der Waals surface area contributed by atoms with Crippen molar-refractivity contribution in [1.82, 2.24) is 0 Å². The van der Waals surface area contributed by atoms with Crippen molar-refractivity contribution in [2.24, 2.45) is 0 Å². The van der Waals surface area contributed by atoms with Gasteiger partial charge in [-0.15, -0.1) is 6.58 Å². The molecule has 0 saturated heterocycles. The van der Waals surface area contributed by atoms with Gasteiger partial charge in [0.15, 0.2) is 23.0 Å². The molecule has 0 N–H and O–H groups in total. The van der Waals surface area contributed by atoms with Crippen molar-refractivity contribution in [2.45, 2.75) is 13.3 Å². The van der Waals surface area contributed by atoms with Crippen LogP contribution in [0.2, 0.25) is 0 Å². The number of ether oxygens (including phenoxy) is 5. The third-order valence-corrected chi connectivity index (χ3v) is 4.09. The molecule has 0 fully saturated rings. The summed E-state index contributed by atoms with van der Waals surface area (Å²) in [4.78, 5) is 11.4. The predicted molar refractivity (Wildman–Crippen MR) is 117 cm³/mol. The molecule has 0 heterocycles. The largest absolute Gasteiger partial charge is 0.493 e. The van der Waals surface area contributed by atoms with Gasteiger partial charge in [0.05, 0.1) is 20.8 Å². The zero-order chi connectivity index (χ0) is 21.8. The van der Waals surface area contributed by atoms with Crippen molar-refractivity contribution >= 4 is 12.0 Å². The van der Waals surface area contributed by atoms with Gasteiger partial charge in [-0.3, -0.25) is 0 Å². The summed E-state index contributed by atoms with van der Waals surface area (Å²) in [6.45, 7) is 6.51. The van der Waals surface area contributed by atoms with Crippen LogP contribution in [0.5, 0.6) is 23.0 Å². The highest BCUT2D eigenvalue weighted by atomic mass is 16.5. The second-order valence-corrected chi connectivity index (χ2v) is 6.17. The average Bonchev–Trinajstić information content (AvgIpc) is 2.76. The van der Waals surface area contributed by atoms with Crippen LogP contribution in [-0.4, -0.2) is 40.0 Å². The number of hydrogen-bond donors (Lipinski definition) is 0. The third kappa shape index (κ3) is 6.88. The molecule has 0 amide bonds. The number of hydrogen-bond acceptors (Lipinski definition) is 6. The van der Waals surface area contributed by atoms with Crippen molar-refractivity contribution in [3.8, 4) is 23.0 Å². The molecule has 0 bridgehead atoms. The lowest BCUT2D eigenvalue weighted by molar-refractivity contribution is -0.137. The van der Waals surface area contributed by atoms with E-state index in [0.717, 1.165) is 17.5 Å². The van der Waals surface area contributed by atoms with E-state index < -0.39 is 0 Å². The molecule has 0 aliphatic rings. The van der Waals surface area contributed by atoms with Crippen molar-refractivity contribution < 1.29 is 28.5 Å². The maximum atomic E-state index is 11.4. The minimum atomic E-state index is -0.387. The molecule has 6 nitrogen and oxygen atoms in total. The van der Waals surface area contributed by atoms with E-state index in [1.165, 1.54) is 6.08 Å². The Labute approximate surface area is 177 Å². The monoisotopic (exact) mass is 412 g/mol. The molecule has 2 aromatic carbocycles. The number of allylic oxidation sites excluding steroid dienone is 1. The van der Waals surface area contributed by atoms with Gasteiger partial charge in [-0.25, -0.2) is 4.79 Å². The van der Waals surface area contributed by atoms with Crippen LogP contribution in [0.4, 0.5) is 0 Å². The maximum Gasteiger partial charge on any atom is 0.330 e. The molecule has 0 aliphatic heterocycles. The van der Waals surface area contributed by atoms with E-state index in [9.17, 15) is 4.79 Å². The summed E-state index contributed by atoms with van der Waals surface area (Å²) < 4.78 is 27.2. The van der Waals surface area contributed by atoms with Crippen LogP contribution in [0.3, 0.4) is 0 Å². The second-order valence-electron chi connectivity index (χ2n) is 6.17. The number of carbonyl (C=O) groups is 1. The molecule has 30 heavy (non-hydrogen) atoms. The summed E-state index contributed by atoms with van der Waals surface area (Å²) in [5.74, 6) is 2.09. The Morgan fingerprint density at radius 3 is 2.17 bits per heavy atom. The molecule has 6 heteroatoms. The third-order valence-electron chi connectivity index (χ3n) is 4.09. The van der Waals surface area contributed by atoms with Gasteiger partial charge in [0.2, 0.25) is 0 Å². The van der Waals surface area contributed by atoms with E-state index >= 15 is 0 Å². The highest BCUT2D eigenvalue weighted by Gasteiger charge is 2.08. The van der Waals surface area contributed by atoms with Crippen LogP contribution in [0, 0.1) is 0 Å². The van der Waals surface area contributed by atoms with Crippen LogP contribution in [0.25, 0.3) is 6.08 Å². The fourth-order valence-corrected chi connectivity index (χ4v) is 2.69. The van der Waals surface area contributed by atoms with E-state index in [1.54, 1.807) is 39.4 Å². The SMILES string of the molecule is C=CCc1ccc(OCCOc2ccc(/C=C/C(=O)OCC)cc2OC)c(OC)c1. The zero-order valence-electron chi connectivity index (χ0n) is 17.7. The summed E-state index contributed by atoms with van der Waals surface area (Å²) in [5, 5.41) is 0. The number of benzene rings is 2. The lowest BCUT2D eigenvalue weighted by Crippen LogP contribution is -2.10. The molecule has 2 rings (SSSR count). The topological polar surface area (TPSA) is 63.2 Å². The molecule has 0 saturated carbocycles. The number of methoxy groups -OCH3 is 2. The Morgan fingerprint density at radius 2 is 1.57 bits per heavy atom. The smallest absolute Gasteiger partial charge is 0.330 e. The van der Waals surface area contributed by atoms with Gasteiger partial charge in [0.1, 0.15) is 13.2 Å². The minimum absolute atomic E-state index is 0.325. The number of esters is 1. The summed E-state index contributed by atoms with van der Waals surface area (Å²) in [7, 11) is 3.17. The molecule has 2 aromatic rings. The van der Waals surface area contributed by atoms with Crippen molar-refractivity contribution in [2.75, 3.05) is 34.0 Å². The van der Waals surface area contributed by atoms with Gasteiger partial charge < -0.3 is 23.7 Å². The molecular formula is C24H28O6. The molecule has 0 radical (unpaired) electrons. The Hall–Kier alpha value is -3.41. The first-order valence-electron chi connectivity index (χ1n) is 9.67. The van der Waals surface area contributed by atoms with Crippen LogP contribution in [0.15, 0.2) is 55.1 Å². The standard InChI is InChI=1S/C24H28O6/c1-5-7-18-8-11-20(22(16-18)26-3)29-14-15-30-21-12-9-19(17-23(21)27-4)10-13-24(25)28-6-2/h5,8-13,16-17H,1,6-7,14-15H2,2-4H3/b13-10+. The van der Waals surface area contributed by atoms with E-state index in [1.807, 2.05) is 30.3 Å². The van der Waals surface area contributed by atoms with Crippen molar-refractivity contribution in [3.63, 3.8) is 0 Å². The second kappa shape index (κ2) is 12.2. The molecule has 160 valence electrons. The maximum absolute atomic E-state index is 11.4. The van der Waals surface area contributed by atoms with Gasteiger partial charge in [-0.05, 0) is 54.8 Å². The molecule has 0 atom stereocenters. The average molecular weight is 412 g/mol. The van der Waals surface area contributed by atoms with Crippen molar-refractivity contribution in [3.05, 3.63) is 66.3 Å². The van der Waals surface area contributed by atoms with E-state index in [0.29, 0.717) is 42.8 Å². The fourth-order valence-electron chi connectivity index (χ4n) is 2.69. The van der Waals surface area contributed by atoms with E-state index in [4.69, 9.17) is 23.7 Å². The van der Waals surface area contributed by atoms with Gasteiger partial charge >= 0.3 is 5.97 Å². The Morgan fingerprint density at radius 1 is 0.933 bits per heavy atom. The quantitative estimate of drug-likeness (QED) is 0.222. The Bertz CT molecular complexity index is 872. The minimum Gasteiger partial charge on any atom is -0.493 e. The fraction of sp³-hybridized carbons (Fsp3) is 0.292. The van der Waals surface area contributed by atoms with Crippen LogP contribution >= 0.6 is 0 Å². The van der Waals surface area contributed by atoms with Gasteiger partial charge in [-0.2, -0.15) is 0 Å². The number of carbonyl (C=O) groups excluding carboxylic acids is 1. The lowest BCUT2D eigenvalue weighted by Gasteiger charge is -2.14. The molecule has 0 aliphatic carbocycles. The molecule has 0 spiro atoms. The summed E-state index contributed by atoms with van der Waals surface area (Å²) in [6.07, 6.45) is 5.65. The summed E-state index contributed by atoms with van der Waals surface area (Å²) in [5.41, 5.74) is 1.90.